The number of hydrogen-bond acceptors (Lipinski definition) is 3. The highest BCUT2D eigenvalue weighted by atomic mass is 15.3. The summed E-state index contributed by atoms with van der Waals surface area (Å²) in [4.78, 5) is 0. The van der Waals surface area contributed by atoms with Gasteiger partial charge in [-0.3, -0.25) is 9.36 Å². The third-order valence-electron chi connectivity index (χ3n) is 6.84. The first-order chi connectivity index (χ1) is 12.7. The summed E-state index contributed by atoms with van der Waals surface area (Å²) in [5.41, 5.74) is 8.70. The predicted molar refractivity (Wildman–Crippen MR) is 102 cm³/mol. The monoisotopic (exact) mass is 353 g/mol. The molecule has 0 aromatic carbocycles. The van der Waals surface area contributed by atoms with Gasteiger partial charge in [0, 0.05) is 25.5 Å². The van der Waals surface area contributed by atoms with Crippen molar-refractivity contribution in [1.82, 2.24) is 24.9 Å². The molecule has 3 aliphatic rings. The third kappa shape index (κ3) is 2.63. The van der Waals surface area contributed by atoms with Crippen LogP contribution in [-0.2, 0) is 39.8 Å². The highest BCUT2D eigenvalue weighted by Gasteiger charge is 2.32. The van der Waals surface area contributed by atoms with Crippen molar-refractivity contribution in [3.8, 4) is 0 Å². The molecule has 2 aromatic heterocycles. The largest absolute Gasteiger partial charge is 0.300 e. The normalized spacial score (nSPS) is 25.8. The fourth-order valence-electron chi connectivity index (χ4n) is 5.54. The molecule has 140 valence electrons. The van der Waals surface area contributed by atoms with Gasteiger partial charge in [-0.25, -0.2) is 0 Å². The first-order valence-electron chi connectivity index (χ1n) is 10.6. The fourth-order valence-corrected chi connectivity index (χ4v) is 5.54. The molecule has 1 saturated heterocycles. The molecule has 0 spiro atoms. The Hall–Kier alpha value is -1.62. The van der Waals surface area contributed by atoms with Gasteiger partial charge >= 0.3 is 0 Å². The topological polar surface area (TPSA) is 47.7 Å². The van der Waals surface area contributed by atoms with Crippen LogP contribution in [0.5, 0.6) is 0 Å². The predicted octanol–water partition coefficient (Wildman–Crippen LogP) is 3.47. The Labute approximate surface area is 156 Å². The van der Waals surface area contributed by atoms with Crippen LogP contribution in [0.25, 0.3) is 0 Å². The van der Waals surface area contributed by atoms with Crippen molar-refractivity contribution in [2.45, 2.75) is 82.7 Å². The lowest BCUT2D eigenvalue weighted by atomic mass is 9.87. The third-order valence-corrected chi connectivity index (χ3v) is 6.84. The van der Waals surface area contributed by atoms with Crippen LogP contribution < -0.4 is 5.32 Å². The maximum Gasteiger partial charge on any atom is 0.0828 e. The second kappa shape index (κ2) is 6.52. The van der Waals surface area contributed by atoms with Gasteiger partial charge in [0.25, 0.3) is 0 Å². The van der Waals surface area contributed by atoms with E-state index in [1.54, 1.807) is 11.1 Å². The molecular weight excluding hydrogens is 322 g/mol. The van der Waals surface area contributed by atoms with Gasteiger partial charge in [0.1, 0.15) is 0 Å². The molecule has 0 amide bonds. The molecule has 0 saturated carbocycles. The molecule has 2 aliphatic carbocycles. The van der Waals surface area contributed by atoms with E-state index in [0.717, 1.165) is 0 Å². The van der Waals surface area contributed by atoms with E-state index < -0.39 is 0 Å². The zero-order chi connectivity index (χ0) is 17.7. The van der Waals surface area contributed by atoms with Crippen molar-refractivity contribution in [3.63, 3.8) is 0 Å². The second-order valence-electron chi connectivity index (χ2n) is 8.49. The molecule has 5 nitrogen and oxygen atoms in total. The number of aryl methyl sites for hydroxylation is 2. The Bertz CT molecular complexity index is 749. The number of rotatable bonds is 2. The van der Waals surface area contributed by atoms with Crippen LogP contribution in [0, 0.1) is 0 Å². The summed E-state index contributed by atoms with van der Waals surface area (Å²) in [6.07, 6.45) is 13.7. The SMILES string of the molecule is Cn1nc(C2CCCC(c3nn(C)c4c3CCCC4)N2)c2c1CCCC2. The summed E-state index contributed by atoms with van der Waals surface area (Å²) >= 11 is 0. The molecule has 5 heteroatoms. The minimum atomic E-state index is 0.392. The van der Waals surface area contributed by atoms with Gasteiger partial charge in [-0.1, -0.05) is 0 Å². The molecular formula is C21H31N5. The molecule has 1 fully saturated rings. The molecule has 5 rings (SSSR count). The van der Waals surface area contributed by atoms with Crippen molar-refractivity contribution >= 4 is 0 Å². The Balaban J connectivity index is 1.44. The minimum Gasteiger partial charge on any atom is -0.300 e. The van der Waals surface area contributed by atoms with Gasteiger partial charge < -0.3 is 5.32 Å². The maximum atomic E-state index is 4.97. The molecule has 2 unspecified atom stereocenters. The van der Waals surface area contributed by atoms with Gasteiger partial charge in [-0.15, -0.1) is 0 Å². The molecule has 1 aliphatic heterocycles. The van der Waals surface area contributed by atoms with E-state index in [-0.39, 0.29) is 0 Å². The van der Waals surface area contributed by atoms with Gasteiger partial charge in [0.05, 0.1) is 23.5 Å². The fraction of sp³-hybridized carbons (Fsp3) is 0.714. The van der Waals surface area contributed by atoms with Crippen molar-refractivity contribution in [2.75, 3.05) is 0 Å². The quantitative estimate of drug-likeness (QED) is 0.899. The molecule has 2 aromatic rings. The lowest BCUT2D eigenvalue weighted by molar-refractivity contribution is 0.316. The van der Waals surface area contributed by atoms with Crippen LogP contribution in [0.15, 0.2) is 0 Å². The van der Waals surface area contributed by atoms with E-state index in [2.05, 4.69) is 28.8 Å². The average molecular weight is 354 g/mol. The zero-order valence-corrected chi connectivity index (χ0v) is 16.2. The van der Waals surface area contributed by atoms with Crippen molar-refractivity contribution in [1.29, 1.82) is 0 Å². The Kier molecular flexibility index (Phi) is 4.15. The van der Waals surface area contributed by atoms with Crippen molar-refractivity contribution in [2.24, 2.45) is 14.1 Å². The van der Waals surface area contributed by atoms with Gasteiger partial charge in [0.2, 0.25) is 0 Å². The van der Waals surface area contributed by atoms with E-state index in [9.17, 15) is 0 Å². The second-order valence-corrected chi connectivity index (χ2v) is 8.49. The highest BCUT2D eigenvalue weighted by Crippen LogP contribution is 2.38. The zero-order valence-electron chi connectivity index (χ0n) is 16.2. The molecule has 2 atom stereocenters. The lowest BCUT2D eigenvalue weighted by Crippen LogP contribution is -2.32. The standard InChI is InChI=1S/C21H31N5/c1-25-18-12-5-3-8-14(18)20(23-25)16-10-7-11-17(22-16)21-15-9-4-6-13-19(15)26(2)24-21/h16-17,22H,3-13H2,1-2H3. The average Bonchev–Trinajstić information content (AvgIpc) is 3.20. The summed E-state index contributed by atoms with van der Waals surface area (Å²) in [5, 5.41) is 13.9. The van der Waals surface area contributed by atoms with Crippen LogP contribution in [0.1, 0.15) is 90.9 Å². The summed E-state index contributed by atoms with van der Waals surface area (Å²) in [5.74, 6) is 0. The van der Waals surface area contributed by atoms with E-state index in [1.807, 2.05) is 0 Å². The molecule has 1 N–H and O–H groups in total. The van der Waals surface area contributed by atoms with Gasteiger partial charge in [-0.05, 0) is 81.8 Å². The first-order valence-corrected chi connectivity index (χ1v) is 10.6. The number of hydrogen-bond donors (Lipinski definition) is 1. The van der Waals surface area contributed by atoms with Gasteiger partial charge in [0.15, 0.2) is 0 Å². The number of nitrogens with one attached hydrogen (secondary N) is 1. The molecule has 26 heavy (non-hydrogen) atoms. The van der Waals surface area contributed by atoms with Crippen LogP contribution in [0.4, 0.5) is 0 Å². The highest BCUT2D eigenvalue weighted by molar-refractivity contribution is 5.34. The number of aromatic nitrogens is 4. The first kappa shape index (κ1) is 16.5. The number of piperidine rings is 1. The Morgan fingerprint density at radius 3 is 1.65 bits per heavy atom. The van der Waals surface area contributed by atoms with E-state index in [4.69, 9.17) is 10.2 Å². The smallest absolute Gasteiger partial charge is 0.0828 e. The Morgan fingerprint density at radius 2 is 1.15 bits per heavy atom. The summed E-state index contributed by atoms with van der Waals surface area (Å²) in [6.45, 7) is 0. The van der Waals surface area contributed by atoms with Crippen LogP contribution in [0.3, 0.4) is 0 Å². The van der Waals surface area contributed by atoms with Gasteiger partial charge in [-0.2, -0.15) is 10.2 Å². The van der Waals surface area contributed by atoms with Crippen LogP contribution in [-0.4, -0.2) is 19.6 Å². The summed E-state index contributed by atoms with van der Waals surface area (Å²) < 4.78 is 4.30. The molecule has 3 heterocycles. The van der Waals surface area contributed by atoms with Crippen molar-refractivity contribution < 1.29 is 0 Å². The molecule has 0 radical (unpaired) electrons. The van der Waals surface area contributed by atoms with Crippen LogP contribution >= 0.6 is 0 Å². The maximum absolute atomic E-state index is 4.97. The number of nitrogens with zero attached hydrogens (tertiary/aromatic N) is 4. The lowest BCUT2D eigenvalue weighted by Gasteiger charge is -2.31. The molecule has 0 bridgehead atoms. The van der Waals surface area contributed by atoms with Crippen molar-refractivity contribution in [3.05, 3.63) is 33.9 Å². The number of fused-ring (bicyclic) bond motifs is 2. The van der Waals surface area contributed by atoms with Crippen LogP contribution in [0.2, 0.25) is 0 Å². The van der Waals surface area contributed by atoms with E-state index >= 15 is 0 Å². The van der Waals surface area contributed by atoms with E-state index in [0.29, 0.717) is 12.1 Å². The minimum absolute atomic E-state index is 0.392. The van der Waals surface area contributed by atoms with E-state index in [1.165, 1.54) is 93.4 Å². The Morgan fingerprint density at radius 1 is 0.692 bits per heavy atom. The summed E-state index contributed by atoms with van der Waals surface area (Å²) in [6, 6.07) is 0.783. The summed E-state index contributed by atoms with van der Waals surface area (Å²) in [7, 11) is 4.26.